The van der Waals surface area contributed by atoms with E-state index in [0.29, 0.717) is 12.8 Å². The predicted molar refractivity (Wildman–Crippen MR) is 114 cm³/mol. The third kappa shape index (κ3) is 2.68. The summed E-state index contributed by atoms with van der Waals surface area (Å²) in [6, 6.07) is 16.1. The SMILES string of the molecule is CC1(C)CC(=O)c2c(nc(Cc3ccc(N)cc3)c3[nH]c4ccccc4c23)C1. The predicted octanol–water partition coefficient (Wildman–Crippen LogP) is 5.04. The molecule has 0 fully saturated rings. The van der Waals surface area contributed by atoms with Crippen LogP contribution in [0.2, 0.25) is 0 Å². The number of nitrogens with zero attached hydrogens (tertiary/aromatic N) is 1. The van der Waals surface area contributed by atoms with E-state index in [2.05, 4.69) is 31.0 Å². The second kappa shape index (κ2) is 5.93. The number of nitrogens with two attached hydrogens (primary N) is 1. The van der Waals surface area contributed by atoms with Crippen molar-refractivity contribution in [2.45, 2.75) is 33.1 Å². The molecule has 0 unspecified atom stereocenters. The molecular formula is C24H23N3O. The highest BCUT2D eigenvalue weighted by Crippen LogP contribution is 2.40. The van der Waals surface area contributed by atoms with Gasteiger partial charge in [-0.3, -0.25) is 9.78 Å². The van der Waals surface area contributed by atoms with Crippen molar-refractivity contribution in [2.75, 3.05) is 5.73 Å². The van der Waals surface area contributed by atoms with Gasteiger partial charge >= 0.3 is 0 Å². The number of carbonyl (C=O) groups excluding carboxylic acids is 1. The molecule has 2 aromatic carbocycles. The summed E-state index contributed by atoms with van der Waals surface area (Å²) in [6.45, 7) is 4.29. The second-order valence-electron chi connectivity index (χ2n) is 8.66. The van der Waals surface area contributed by atoms with Gasteiger partial charge in [0.1, 0.15) is 0 Å². The zero-order chi connectivity index (χ0) is 19.5. The molecule has 0 saturated heterocycles. The molecule has 2 heterocycles. The largest absolute Gasteiger partial charge is 0.399 e. The fourth-order valence-corrected chi connectivity index (χ4v) is 4.46. The molecule has 4 heteroatoms. The van der Waals surface area contributed by atoms with Gasteiger partial charge in [0.15, 0.2) is 5.78 Å². The van der Waals surface area contributed by atoms with Gasteiger partial charge in [-0.2, -0.15) is 0 Å². The summed E-state index contributed by atoms with van der Waals surface area (Å²) < 4.78 is 0. The van der Waals surface area contributed by atoms with Crippen LogP contribution < -0.4 is 5.73 Å². The van der Waals surface area contributed by atoms with E-state index in [-0.39, 0.29) is 11.2 Å². The van der Waals surface area contributed by atoms with Crippen LogP contribution in [0.3, 0.4) is 0 Å². The smallest absolute Gasteiger partial charge is 0.165 e. The summed E-state index contributed by atoms with van der Waals surface area (Å²) in [7, 11) is 0. The number of Topliss-reactive ketones (excluding diaryl/α,β-unsaturated/α-hetero) is 1. The number of benzene rings is 2. The second-order valence-corrected chi connectivity index (χ2v) is 8.66. The van der Waals surface area contributed by atoms with Crippen LogP contribution in [0.15, 0.2) is 48.5 Å². The van der Waals surface area contributed by atoms with E-state index in [1.54, 1.807) is 0 Å². The van der Waals surface area contributed by atoms with Gasteiger partial charge in [0.25, 0.3) is 0 Å². The van der Waals surface area contributed by atoms with E-state index in [9.17, 15) is 4.79 Å². The Morgan fingerprint density at radius 2 is 1.82 bits per heavy atom. The number of nitrogen functional groups attached to an aromatic ring is 1. The third-order valence-corrected chi connectivity index (χ3v) is 5.72. The molecule has 0 radical (unpaired) electrons. The lowest BCUT2D eigenvalue weighted by Crippen LogP contribution is -2.28. The minimum Gasteiger partial charge on any atom is -0.399 e. The molecule has 0 bridgehead atoms. The van der Waals surface area contributed by atoms with E-state index in [1.165, 1.54) is 0 Å². The lowest BCUT2D eigenvalue weighted by atomic mass is 9.74. The van der Waals surface area contributed by atoms with Crippen LogP contribution in [0.5, 0.6) is 0 Å². The van der Waals surface area contributed by atoms with Crippen molar-refractivity contribution in [2.24, 2.45) is 5.41 Å². The Kier molecular flexibility index (Phi) is 3.60. The number of aromatic nitrogens is 2. The average Bonchev–Trinajstić information content (AvgIpc) is 3.02. The Hall–Kier alpha value is -3.14. The highest BCUT2D eigenvalue weighted by molar-refractivity contribution is 6.19. The Labute approximate surface area is 163 Å². The van der Waals surface area contributed by atoms with Crippen LogP contribution in [-0.4, -0.2) is 15.8 Å². The summed E-state index contributed by atoms with van der Waals surface area (Å²) in [5.74, 6) is 0.201. The van der Waals surface area contributed by atoms with E-state index >= 15 is 0 Å². The van der Waals surface area contributed by atoms with Crippen molar-refractivity contribution in [1.82, 2.24) is 9.97 Å². The van der Waals surface area contributed by atoms with Gasteiger partial charge in [-0.25, -0.2) is 0 Å². The number of anilines is 1. The number of pyridine rings is 1. The summed E-state index contributed by atoms with van der Waals surface area (Å²) in [5, 5.41) is 2.13. The number of ketones is 1. The van der Waals surface area contributed by atoms with Crippen LogP contribution in [0.1, 0.15) is 47.6 Å². The minimum atomic E-state index is -0.0602. The first-order valence-corrected chi connectivity index (χ1v) is 9.71. The molecule has 1 aliphatic rings. The Bertz CT molecular complexity index is 1230. The van der Waals surface area contributed by atoms with Crippen LogP contribution in [0.4, 0.5) is 5.69 Å². The highest BCUT2D eigenvalue weighted by Gasteiger charge is 2.34. The first-order valence-electron chi connectivity index (χ1n) is 9.71. The van der Waals surface area contributed by atoms with Crippen molar-refractivity contribution >= 4 is 33.3 Å². The highest BCUT2D eigenvalue weighted by atomic mass is 16.1. The zero-order valence-electron chi connectivity index (χ0n) is 16.2. The maximum absolute atomic E-state index is 13.1. The number of nitrogens with one attached hydrogen (secondary N) is 1. The zero-order valence-corrected chi connectivity index (χ0v) is 16.2. The van der Waals surface area contributed by atoms with Crippen LogP contribution in [0, 0.1) is 5.41 Å². The molecule has 0 aliphatic heterocycles. The van der Waals surface area contributed by atoms with Crippen molar-refractivity contribution in [3.63, 3.8) is 0 Å². The Morgan fingerprint density at radius 3 is 2.61 bits per heavy atom. The molecule has 4 aromatic rings. The number of aromatic amines is 1. The normalized spacial score (nSPS) is 15.9. The Morgan fingerprint density at radius 1 is 1.07 bits per heavy atom. The van der Waals surface area contributed by atoms with Crippen molar-refractivity contribution in [3.05, 3.63) is 71.0 Å². The number of hydrogen-bond donors (Lipinski definition) is 2. The van der Waals surface area contributed by atoms with E-state index in [0.717, 1.165) is 56.4 Å². The van der Waals surface area contributed by atoms with Crippen molar-refractivity contribution < 1.29 is 4.79 Å². The number of rotatable bonds is 2. The molecule has 1 aliphatic carbocycles. The number of para-hydroxylation sites is 1. The monoisotopic (exact) mass is 369 g/mol. The molecule has 0 saturated carbocycles. The molecule has 4 nitrogen and oxygen atoms in total. The average molecular weight is 369 g/mol. The van der Waals surface area contributed by atoms with Crippen LogP contribution in [0.25, 0.3) is 21.8 Å². The number of fused-ring (bicyclic) bond motifs is 5. The standard InChI is InChI=1S/C24H23N3O/c1-24(2)12-19-22(20(28)13-24)21-16-5-3-4-6-17(16)27-23(21)18(26-19)11-14-7-9-15(25)10-8-14/h3-10,27H,11-13,25H2,1-2H3. The molecular weight excluding hydrogens is 346 g/mol. The Balaban J connectivity index is 1.80. The summed E-state index contributed by atoms with van der Waals surface area (Å²) in [6.07, 6.45) is 2.08. The van der Waals surface area contributed by atoms with Gasteiger partial charge in [0.05, 0.1) is 16.9 Å². The molecule has 3 N–H and O–H groups in total. The molecule has 5 rings (SSSR count). The summed E-state index contributed by atoms with van der Waals surface area (Å²) in [4.78, 5) is 21.6. The van der Waals surface area contributed by atoms with Crippen molar-refractivity contribution in [1.29, 1.82) is 0 Å². The molecule has 28 heavy (non-hydrogen) atoms. The van der Waals surface area contributed by atoms with Crippen LogP contribution in [-0.2, 0) is 12.8 Å². The van der Waals surface area contributed by atoms with Gasteiger partial charge in [0, 0.05) is 40.4 Å². The van der Waals surface area contributed by atoms with Gasteiger partial charge in [0.2, 0.25) is 0 Å². The minimum absolute atomic E-state index is 0.0602. The quantitative estimate of drug-likeness (QED) is 0.486. The molecule has 140 valence electrons. The first kappa shape index (κ1) is 17.0. The van der Waals surface area contributed by atoms with E-state index in [4.69, 9.17) is 10.7 Å². The lowest BCUT2D eigenvalue weighted by molar-refractivity contribution is 0.0912. The number of carbonyl (C=O) groups is 1. The summed E-state index contributed by atoms with van der Waals surface area (Å²) >= 11 is 0. The first-order chi connectivity index (χ1) is 13.4. The van der Waals surface area contributed by atoms with Gasteiger partial charge in [-0.15, -0.1) is 0 Å². The van der Waals surface area contributed by atoms with Gasteiger partial charge < -0.3 is 10.7 Å². The molecule has 0 atom stereocenters. The fourth-order valence-electron chi connectivity index (χ4n) is 4.46. The van der Waals surface area contributed by atoms with E-state index in [1.807, 2.05) is 36.4 Å². The van der Waals surface area contributed by atoms with Gasteiger partial charge in [-0.1, -0.05) is 44.2 Å². The molecule has 0 amide bonds. The summed E-state index contributed by atoms with van der Waals surface area (Å²) in [5.41, 5.74) is 12.4. The van der Waals surface area contributed by atoms with E-state index < -0.39 is 0 Å². The maximum atomic E-state index is 13.1. The molecule has 0 spiro atoms. The van der Waals surface area contributed by atoms with Crippen LogP contribution >= 0.6 is 0 Å². The topological polar surface area (TPSA) is 71.8 Å². The lowest BCUT2D eigenvalue weighted by Gasteiger charge is -2.30. The van der Waals surface area contributed by atoms with Gasteiger partial charge in [-0.05, 0) is 35.6 Å². The number of hydrogen-bond acceptors (Lipinski definition) is 3. The third-order valence-electron chi connectivity index (χ3n) is 5.72. The number of H-pyrrole nitrogens is 1. The van der Waals surface area contributed by atoms with Crippen molar-refractivity contribution in [3.8, 4) is 0 Å². The molecule has 2 aromatic heterocycles. The fraction of sp³-hybridized carbons (Fsp3) is 0.250. The maximum Gasteiger partial charge on any atom is 0.165 e.